The summed E-state index contributed by atoms with van der Waals surface area (Å²) in [7, 11) is 1.91. The topological polar surface area (TPSA) is 81.7 Å². The molecule has 0 saturated heterocycles. The number of nitrogen functional groups attached to an aromatic ring is 1. The molecule has 0 aliphatic rings. The van der Waals surface area contributed by atoms with Gasteiger partial charge in [-0.1, -0.05) is 0 Å². The van der Waals surface area contributed by atoms with E-state index in [1.54, 1.807) is 18.6 Å². The third kappa shape index (κ3) is 2.10. The van der Waals surface area contributed by atoms with Crippen LogP contribution < -0.4 is 11.1 Å². The molecular weight excluding hydrogens is 204 g/mol. The second-order valence-electron chi connectivity index (χ2n) is 3.64. The molecule has 0 amide bonds. The minimum atomic E-state index is 0.0675. The van der Waals surface area contributed by atoms with Gasteiger partial charge in [0.1, 0.15) is 12.1 Å². The number of pyridine rings is 1. The Kier molecular flexibility index (Phi) is 2.72. The predicted octanol–water partition coefficient (Wildman–Crippen LogP) is 0.965. The van der Waals surface area contributed by atoms with Crippen LogP contribution in [0.2, 0.25) is 0 Å². The summed E-state index contributed by atoms with van der Waals surface area (Å²) >= 11 is 0. The van der Waals surface area contributed by atoms with Gasteiger partial charge >= 0.3 is 0 Å². The third-order valence-corrected chi connectivity index (χ3v) is 2.30. The lowest BCUT2D eigenvalue weighted by atomic mass is 10.3. The van der Waals surface area contributed by atoms with Gasteiger partial charge in [0, 0.05) is 7.05 Å². The van der Waals surface area contributed by atoms with E-state index in [0.717, 1.165) is 11.5 Å². The molecule has 16 heavy (non-hydrogen) atoms. The van der Waals surface area contributed by atoms with Crippen LogP contribution in [0.25, 0.3) is 0 Å². The van der Waals surface area contributed by atoms with Crippen molar-refractivity contribution in [1.82, 2.24) is 19.7 Å². The molecule has 0 spiro atoms. The Balaban J connectivity index is 2.10. The number of anilines is 2. The second-order valence-corrected chi connectivity index (χ2v) is 3.64. The van der Waals surface area contributed by atoms with Crippen molar-refractivity contribution in [3.05, 3.63) is 30.5 Å². The molecule has 2 aromatic heterocycles. The number of nitrogens with two attached hydrogens (primary N) is 1. The Labute approximate surface area is 93.5 Å². The standard InChI is InChI=1S/C10H14N6/c1-7(10-15-13-6-16(10)2)14-8-3-4-9(11)12-5-8/h3-7,14H,1-2H3,(H2,11,12). The smallest absolute Gasteiger partial charge is 0.154 e. The maximum absolute atomic E-state index is 5.51. The SMILES string of the molecule is CC(Nc1ccc(N)nc1)c1nncn1C. The van der Waals surface area contributed by atoms with Gasteiger partial charge in [-0.25, -0.2) is 4.98 Å². The zero-order chi connectivity index (χ0) is 11.5. The van der Waals surface area contributed by atoms with E-state index in [-0.39, 0.29) is 6.04 Å². The van der Waals surface area contributed by atoms with Crippen molar-refractivity contribution in [1.29, 1.82) is 0 Å². The number of nitrogens with zero attached hydrogens (tertiary/aromatic N) is 4. The molecule has 6 heteroatoms. The molecule has 2 rings (SSSR count). The number of hydrogen-bond donors (Lipinski definition) is 2. The van der Waals surface area contributed by atoms with Crippen LogP contribution in [0.3, 0.4) is 0 Å². The van der Waals surface area contributed by atoms with Gasteiger partial charge in [-0.05, 0) is 19.1 Å². The summed E-state index contributed by atoms with van der Waals surface area (Å²) in [5.41, 5.74) is 6.42. The summed E-state index contributed by atoms with van der Waals surface area (Å²) < 4.78 is 1.88. The number of hydrogen-bond acceptors (Lipinski definition) is 5. The molecule has 6 nitrogen and oxygen atoms in total. The van der Waals surface area contributed by atoms with Crippen LogP contribution in [0.1, 0.15) is 18.8 Å². The normalized spacial score (nSPS) is 12.4. The predicted molar refractivity (Wildman–Crippen MR) is 61.7 cm³/mol. The minimum absolute atomic E-state index is 0.0675. The zero-order valence-electron chi connectivity index (χ0n) is 9.25. The zero-order valence-corrected chi connectivity index (χ0v) is 9.25. The van der Waals surface area contributed by atoms with Gasteiger partial charge in [0.2, 0.25) is 0 Å². The van der Waals surface area contributed by atoms with E-state index < -0.39 is 0 Å². The van der Waals surface area contributed by atoms with Crippen molar-refractivity contribution in [3.63, 3.8) is 0 Å². The highest BCUT2D eigenvalue weighted by atomic mass is 15.3. The van der Waals surface area contributed by atoms with E-state index >= 15 is 0 Å². The Morgan fingerprint density at radius 3 is 2.81 bits per heavy atom. The molecule has 1 atom stereocenters. The molecule has 0 bridgehead atoms. The summed E-state index contributed by atoms with van der Waals surface area (Å²) in [6.07, 6.45) is 3.37. The van der Waals surface area contributed by atoms with Crippen LogP contribution in [0, 0.1) is 0 Å². The molecule has 0 aliphatic heterocycles. The van der Waals surface area contributed by atoms with Gasteiger partial charge in [0.25, 0.3) is 0 Å². The number of aryl methyl sites for hydroxylation is 1. The lowest BCUT2D eigenvalue weighted by molar-refractivity contribution is 0.719. The summed E-state index contributed by atoms with van der Waals surface area (Å²) in [6.45, 7) is 2.01. The molecule has 2 heterocycles. The van der Waals surface area contributed by atoms with Crippen LogP contribution in [0.15, 0.2) is 24.7 Å². The minimum Gasteiger partial charge on any atom is -0.384 e. The Hall–Kier alpha value is -2.11. The molecule has 0 aromatic carbocycles. The average Bonchev–Trinajstić information content (AvgIpc) is 2.68. The van der Waals surface area contributed by atoms with Gasteiger partial charge in [-0.2, -0.15) is 0 Å². The fraction of sp³-hybridized carbons (Fsp3) is 0.300. The van der Waals surface area contributed by atoms with Crippen molar-refractivity contribution in [2.24, 2.45) is 7.05 Å². The summed E-state index contributed by atoms with van der Waals surface area (Å²) in [6, 6.07) is 3.71. The van der Waals surface area contributed by atoms with E-state index in [2.05, 4.69) is 20.5 Å². The Bertz CT molecular complexity index is 460. The lowest BCUT2D eigenvalue weighted by Crippen LogP contribution is -2.12. The van der Waals surface area contributed by atoms with Crippen molar-refractivity contribution >= 4 is 11.5 Å². The van der Waals surface area contributed by atoms with Crippen molar-refractivity contribution in [2.75, 3.05) is 11.1 Å². The summed E-state index contributed by atoms with van der Waals surface area (Å²) in [4.78, 5) is 4.01. The monoisotopic (exact) mass is 218 g/mol. The van der Waals surface area contributed by atoms with Gasteiger partial charge in [-0.3, -0.25) is 0 Å². The van der Waals surface area contributed by atoms with Crippen LogP contribution in [-0.2, 0) is 7.05 Å². The molecular formula is C10H14N6. The van der Waals surface area contributed by atoms with Crippen LogP contribution in [-0.4, -0.2) is 19.7 Å². The summed E-state index contributed by atoms with van der Waals surface area (Å²) in [5.74, 6) is 1.38. The fourth-order valence-corrected chi connectivity index (χ4v) is 1.49. The van der Waals surface area contributed by atoms with Crippen molar-refractivity contribution in [2.45, 2.75) is 13.0 Å². The first kappa shape index (κ1) is 10.4. The maximum atomic E-state index is 5.51. The first-order valence-electron chi connectivity index (χ1n) is 4.99. The first-order chi connectivity index (χ1) is 7.66. The second kappa shape index (κ2) is 4.18. The van der Waals surface area contributed by atoms with Crippen molar-refractivity contribution < 1.29 is 0 Å². The molecule has 1 unspecified atom stereocenters. The van der Waals surface area contributed by atoms with Gasteiger partial charge < -0.3 is 15.6 Å². The van der Waals surface area contributed by atoms with Crippen LogP contribution in [0.4, 0.5) is 11.5 Å². The third-order valence-electron chi connectivity index (χ3n) is 2.30. The maximum Gasteiger partial charge on any atom is 0.154 e. The molecule has 84 valence electrons. The van der Waals surface area contributed by atoms with Crippen LogP contribution >= 0.6 is 0 Å². The molecule has 2 aromatic rings. The van der Waals surface area contributed by atoms with E-state index in [1.165, 1.54) is 0 Å². The highest BCUT2D eigenvalue weighted by molar-refractivity contribution is 5.46. The van der Waals surface area contributed by atoms with E-state index in [0.29, 0.717) is 5.82 Å². The Morgan fingerprint density at radius 2 is 2.25 bits per heavy atom. The summed E-state index contributed by atoms with van der Waals surface area (Å²) in [5, 5.41) is 11.1. The fourth-order valence-electron chi connectivity index (χ4n) is 1.49. The molecule has 0 saturated carbocycles. The van der Waals surface area contributed by atoms with E-state index in [4.69, 9.17) is 5.73 Å². The largest absolute Gasteiger partial charge is 0.384 e. The lowest BCUT2D eigenvalue weighted by Gasteiger charge is -2.13. The number of aromatic nitrogens is 4. The highest BCUT2D eigenvalue weighted by Crippen LogP contribution is 2.16. The van der Waals surface area contributed by atoms with E-state index in [9.17, 15) is 0 Å². The molecule has 0 aliphatic carbocycles. The molecule has 0 radical (unpaired) electrons. The Morgan fingerprint density at radius 1 is 1.44 bits per heavy atom. The first-order valence-corrected chi connectivity index (χ1v) is 4.99. The highest BCUT2D eigenvalue weighted by Gasteiger charge is 2.10. The average molecular weight is 218 g/mol. The molecule has 3 N–H and O–H groups in total. The quantitative estimate of drug-likeness (QED) is 0.802. The number of rotatable bonds is 3. The van der Waals surface area contributed by atoms with Crippen molar-refractivity contribution in [3.8, 4) is 0 Å². The molecule has 0 fully saturated rings. The number of nitrogens with one attached hydrogen (secondary N) is 1. The van der Waals surface area contributed by atoms with Gasteiger partial charge in [-0.15, -0.1) is 10.2 Å². The van der Waals surface area contributed by atoms with E-state index in [1.807, 2.05) is 24.6 Å². The van der Waals surface area contributed by atoms with Crippen LogP contribution in [0.5, 0.6) is 0 Å². The van der Waals surface area contributed by atoms with Gasteiger partial charge in [0.15, 0.2) is 5.82 Å². The van der Waals surface area contributed by atoms with Gasteiger partial charge in [0.05, 0.1) is 17.9 Å².